The summed E-state index contributed by atoms with van der Waals surface area (Å²) < 4.78 is 9.62. The fourth-order valence-electron chi connectivity index (χ4n) is 1.66. The first-order chi connectivity index (χ1) is 10.1. The Balaban J connectivity index is 3.15. The molecule has 1 rings (SSSR count). The number of anilines is 1. The molecule has 0 aliphatic rings. The monoisotopic (exact) mass is 310 g/mol. The lowest BCUT2D eigenvalue weighted by molar-refractivity contribution is -0.384. The van der Waals surface area contributed by atoms with E-state index >= 15 is 0 Å². The fourth-order valence-corrected chi connectivity index (χ4v) is 1.66. The maximum absolute atomic E-state index is 11.8. The number of esters is 1. The van der Waals surface area contributed by atoms with Crippen LogP contribution in [0.15, 0.2) is 18.2 Å². The molecule has 22 heavy (non-hydrogen) atoms. The second-order valence-corrected chi connectivity index (χ2v) is 5.45. The van der Waals surface area contributed by atoms with Crippen molar-refractivity contribution in [2.24, 2.45) is 0 Å². The van der Waals surface area contributed by atoms with E-state index < -0.39 is 22.6 Å². The lowest BCUT2D eigenvalue weighted by atomic mass is 10.1. The van der Waals surface area contributed by atoms with E-state index in [1.165, 1.54) is 25.3 Å². The summed E-state index contributed by atoms with van der Waals surface area (Å²) in [7, 11) is 1.21. The highest BCUT2D eigenvalue weighted by Gasteiger charge is 2.24. The number of nitro benzene ring substituents is 1. The zero-order valence-corrected chi connectivity index (χ0v) is 12.8. The molecule has 1 N–H and O–H groups in total. The highest BCUT2D eigenvalue weighted by Crippen LogP contribution is 2.29. The molecule has 0 atom stereocenters. The molecule has 120 valence electrons. The Morgan fingerprint density at radius 1 is 1.32 bits per heavy atom. The number of nitro groups is 1. The molecular weight excluding hydrogens is 292 g/mol. The number of nitrogens with zero attached hydrogens (tertiary/aromatic N) is 1. The van der Waals surface area contributed by atoms with Gasteiger partial charge < -0.3 is 9.47 Å². The quantitative estimate of drug-likeness (QED) is 0.520. The third-order valence-electron chi connectivity index (χ3n) is 2.51. The first kappa shape index (κ1) is 17.4. The van der Waals surface area contributed by atoms with E-state index in [-0.39, 0.29) is 23.4 Å². The van der Waals surface area contributed by atoms with Crippen molar-refractivity contribution in [1.82, 2.24) is 0 Å². The number of ether oxygens (including phenoxy) is 2. The van der Waals surface area contributed by atoms with Crippen LogP contribution in [0.25, 0.3) is 0 Å². The predicted molar refractivity (Wildman–Crippen MR) is 78.7 cm³/mol. The molecule has 0 radical (unpaired) electrons. The first-order valence-corrected chi connectivity index (χ1v) is 6.47. The summed E-state index contributed by atoms with van der Waals surface area (Å²) >= 11 is 0. The zero-order valence-electron chi connectivity index (χ0n) is 12.8. The van der Waals surface area contributed by atoms with Gasteiger partial charge in [0.05, 0.1) is 18.5 Å². The van der Waals surface area contributed by atoms with Crippen LogP contribution in [0.5, 0.6) is 0 Å². The van der Waals surface area contributed by atoms with E-state index in [2.05, 4.69) is 10.1 Å². The number of benzene rings is 1. The Bertz CT molecular complexity index is 591. The largest absolute Gasteiger partial charge is 0.469 e. The lowest BCUT2D eigenvalue weighted by Gasteiger charge is -2.20. The van der Waals surface area contributed by atoms with Crippen molar-refractivity contribution in [1.29, 1.82) is 0 Å². The van der Waals surface area contributed by atoms with Gasteiger partial charge in [-0.05, 0) is 26.3 Å². The van der Waals surface area contributed by atoms with Crippen LogP contribution in [-0.2, 0) is 20.7 Å². The fraction of sp³-hybridized carbons (Fsp3) is 0.429. The number of para-hydroxylation sites is 1. The van der Waals surface area contributed by atoms with Crippen molar-refractivity contribution >= 4 is 23.4 Å². The molecule has 0 bridgehead atoms. The number of hydrogen-bond donors (Lipinski definition) is 1. The minimum Gasteiger partial charge on any atom is -0.469 e. The molecule has 8 heteroatoms. The number of hydrogen-bond acceptors (Lipinski definition) is 6. The van der Waals surface area contributed by atoms with Crippen LogP contribution in [0.2, 0.25) is 0 Å². The normalized spacial score (nSPS) is 10.7. The highest BCUT2D eigenvalue weighted by atomic mass is 16.6. The van der Waals surface area contributed by atoms with Crippen LogP contribution in [0.1, 0.15) is 26.3 Å². The van der Waals surface area contributed by atoms with Crippen molar-refractivity contribution < 1.29 is 24.0 Å². The van der Waals surface area contributed by atoms with E-state index in [1.807, 2.05) is 0 Å². The van der Waals surface area contributed by atoms with Gasteiger partial charge in [0.2, 0.25) is 0 Å². The Morgan fingerprint density at radius 3 is 2.45 bits per heavy atom. The Labute approximate surface area is 127 Å². The maximum Gasteiger partial charge on any atom is 0.412 e. The SMILES string of the molecule is COC(=O)Cc1cccc([N+](=O)[O-])c1NC(=O)OC(C)(C)C. The van der Waals surface area contributed by atoms with Gasteiger partial charge >= 0.3 is 12.1 Å². The maximum atomic E-state index is 11.8. The molecule has 0 unspecified atom stereocenters. The first-order valence-electron chi connectivity index (χ1n) is 6.47. The van der Waals surface area contributed by atoms with E-state index in [0.717, 1.165) is 0 Å². The molecule has 0 aromatic heterocycles. The molecule has 0 fully saturated rings. The zero-order chi connectivity index (χ0) is 16.9. The van der Waals surface area contributed by atoms with E-state index in [0.29, 0.717) is 0 Å². The van der Waals surface area contributed by atoms with E-state index in [4.69, 9.17) is 4.74 Å². The van der Waals surface area contributed by atoms with Crippen LogP contribution in [0, 0.1) is 10.1 Å². The van der Waals surface area contributed by atoms with Gasteiger partial charge in [0, 0.05) is 6.07 Å². The van der Waals surface area contributed by atoms with E-state index in [9.17, 15) is 19.7 Å². The predicted octanol–water partition coefficient (Wildman–Crippen LogP) is 2.66. The molecular formula is C14H18N2O6. The molecule has 0 saturated carbocycles. The van der Waals surface area contributed by atoms with Gasteiger partial charge in [0.1, 0.15) is 11.3 Å². The van der Waals surface area contributed by atoms with Crippen LogP contribution < -0.4 is 5.32 Å². The number of carbonyl (C=O) groups is 2. The van der Waals surface area contributed by atoms with Crippen molar-refractivity contribution in [3.63, 3.8) is 0 Å². The van der Waals surface area contributed by atoms with Gasteiger partial charge in [-0.25, -0.2) is 4.79 Å². The number of rotatable bonds is 4. The molecule has 0 saturated heterocycles. The third kappa shape index (κ3) is 5.04. The molecule has 1 aromatic carbocycles. The minimum atomic E-state index is -0.840. The number of amides is 1. The molecule has 0 aliphatic heterocycles. The summed E-state index contributed by atoms with van der Waals surface area (Å²) in [5.74, 6) is -0.576. The van der Waals surface area contributed by atoms with Crippen molar-refractivity contribution in [2.45, 2.75) is 32.8 Å². The summed E-state index contributed by atoms with van der Waals surface area (Å²) in [5, 5.41) is 13.4. The Hall–Kier alpha value is -2.64. The van der Waals surface area contributed by atoms with Gasteiger partial charge in [0.15, 0.2) is 0 Å². The molecule has 0 aliphatic carbocycles. The summed E-state index contributed by atoms with van der Waals surface area (Å²) in [6.45, 7) is 5.00. The van der Waals surface area contributed by atoms with Crippen LogP contribution in [0.4, 0.5) is 16.2 Å². The number of nitrogens with one attached hydrogen (secondary N) is 1. The summed E-state index contributed by atoms with van der Waals surface area (Å²) in [6.07, 6.45) is -1.04. The van der Waals surface area contributed by atoms with Gasteiger partial charge in [-0.3, -0.25) is 20.2 Å². The molecule has 1 amide bonds. The third-order valence-corrected chi connectivity index (χ3v) is 2.51. The molecule has 0 heterocycles. The van der Waals surface area contributed by atoms with Crippen molar-refractivity contribution in [3.05, 3.63) is 33.9 Å². The molecule has 8 nitrogen and oxygen atoms in total. The Morgan fingerprint density at radius 2 is 1.95 bits per heavy atom. The Kier molecular flexibility index (Phi) is 5.44. The lowest BCUT2D eigenvalue weighted by Crippen LogP contribution is -2.28. The highest BCUT2D eigenvalue weighted by molar-refractivity contribution is 5.91. The van der Waals surface area contributed by atoms with Gasteiger partial charge in [-0.1, -0.05) is 12.1 Å². The number of carbonyl (C=O) groups excluding carboxylic acids is 2. The van der Waals surface area contributed by atoms with Crippen molar-refractivity contribution in [2.75, 3.05) is 12.4 Å². The summed E-state index contributed by atoms with van der Waals surface area (Å²) in [4.78, 5) is 33.7. The van der Waals surface area contributed by atoms with E-state index in [1.54, 1.807) is 20.8 Å². The topological polar surface area (TPSA) is 108 Å². The van der Waals surface area contributed by atoms with Gasteiger partial charge in [-0.15, -0.1) is 0 Å². The molecule has 1 aromatic rings. The smallest absolute Gasteiger partial charge is 0.412 e. The average molecular weight is 310 g/mol. The second kappa shape index (κ2) is 6.88. The van der Waals surface area contributed by atoms with Crippen molar-refractivity contribution in [3.8, 4) is 0 Å². The van der Waals surface area contributed by atoms with Crippen LogP contribution in [-0.4, -0.2) is 29.7 Å². The summed E-state index contributed by atoms with van der Waals surface area (Å²) in [5.41, 5.74) is -0.887. The summed E-state index contributed by atoms with van der Waals surface area (Å²) in [6, 6.07) is 4.15. The minimum absolute atomic E-state index is 0.0767. The van der Waals surface area contributed by atoms with Crippen LogP contribution in [0.3, 0.4) is 0 Å². The standard InChI is InChI=1S/C14H18N2O6/c1-14(2,3)22-13(18)15-12-9(8-11(17)21-4)6-5-7-10(12)16(19)20/h5-7H,8H2,1-4H3,(H,15,18). The van der Waals surface area contributed by atoms with Gasteiger partial charge in [0.25, 0.3) is 5.69 Å². The van der Waals surface area contributed by atoms with Crippen LogP contribution >= 0.6 is 0 Å². The molecule has 0 spiro atoms. The second-order valence-electron chi connectivity index (χ2n) is 5.45. The van der Waals surface area contributed by atoms with Gasteiger partial charge in [-0.2, -0.15) is 0 Å². The average Bonchev–Trinajstić information content (AvgIpc) is 2.37. The number of methoxy groups -OCH3 is 1.